The molecule has 0 aromatic heterocycles. The monoisotopic (exact) mass is 309 g/mol. The topological polar surface area (TPSA) is 46.5 Å². The molecule has 0 aliphatic heterocycles. The van der Waals surface area contributed by atoms with Crippen LogP contribution in [-0.4, -0.2) is 18.9 Å². The molecular weight excluding hydrogens is 301 g/mol. The molecule has 1 rings (SSSR count). The number of sulfone groups is 1. The van der Waals surface area contributed by atoms with Crippen LogP contribution >= 0.6 is 22.6 Å². The van der Waals surface area contributed by atoms with E-state index >= 15 is 0 Å². The SMILES string of the molecule is CS(=O)(=O)c1ccccc1/N=C\I. The van der Waals surface area contributed by atoms with Crippen LogP contribution in [0.5, 0.6) is 0 Å². The van der Waals surface area contributed by atoms with Gasteiger partial charge in [-0.05, 0) is 34.7 Å². The Morgan fingerprint density at radius 1 is 1.38 bits per heavy atom. The minimum Gasteiger partial charge on any atom is -0.249 e. The normalized spacial score (nSPS) is 12.2. The van der Waals surface area contributed by atoms with Gasteiger partial charge in [0.2, 0.25) is 0 Å². The molecule has 0 aliphatic rings. The van der Waals surface area contributed by atoms with Crippen molar-refractivity contribution in [2.75, 3.05) is 6.26 Å². The highest BCUT2D eigenvalue weighted by molar-refractivity contribution is 14.1. The Morgan fingerprint density at radius 3 is 2.54 bits per heavy atom. The third-order valence-electron chi connectivity index (χ3n) is 1.45. The molecule has 5 heteroatoms. The summed E-state index contributed by atoms with van der Waals surface area (Å²) >= 11 is 1.95. The largest absolute Gasteiger partial charge is 0.249 e. The molecule has 0 bridgehead atoms. The average molecular weight is 309 g/mol. The smallest absolute Gasteiger partial charge is 0.177 e. The maximum absolute atomic E-state index is 11.3. The molecule has 13 heavy (non-hydrogen) atoms. The Kier molecular flexibility index (Phi) is 3.43. The van der Waals surface area contributed by atoms with Crippen LogP contribution in [0.1, 0.15) is 0 Å². The van der Waals surface area contributed by atoms with Crippen molar-refractivity contribution < 1.29 is 8.42 Å². The van der Waals surface area contributed by atoms with Crippen LogP contribution in [0.2, 0.25) is 0 Å². The number of para-hydroxylation sites is 1. The van der Waals surface area contributed by atoms with Crippen LogP contribution in [0, 0.1) is 0 Å². The van der Waals surface area contributed by atoms with Gasteiger partial charge in [-0.2, -0.15) is 0 Å². The molecule has 0 unspecified atom stereocenters. The van der Waals surface area contributed by atoms with Gasteiger partial charge in [0, 0.05) is 6.26 Å². The van der Waals surface area contributed by atoms with E-state index in [9.17, 15) is 8.42 Å². The number of rotatable bonds is 2. The lowest BCUT2D eigenvalue weighted by atomic mass is 10.3. The predicted octanol–water partition coefficient (Wildman–Crippen LogP) is 2.18. The van der Waals surface area contributed by atoms with E-state index in [0.29, 0.717) is 5.69 Å². The van der Waals surface area contributed by atoms with E-state index in [0.717, 1.165) is 0 Å². The highest BCUT2D eigenvalue weighted by Crippen LogP contribution is 2.23. The van der Waals surface area contributed by atoms with E-state index in [-0.39, 0.29) is 4.90 Å². The Hall–Kier alpha value is -0.430. The van der Waals surface area contributed by atoms with Crippen LogP contribution in [0.25, 0.3) is 0 Å². The van der Waals surface area contributed by atoms with Gasteiger partial charge in [-0.15, -0.1) is 0 Å². The fourth-order valence-corrected chi connectivity index (χ4v) is 2.06. The average Bonchev–Trinajstić information content (AvgIpc) is 2.04. The fraction of sp³-hybridized carbons (Fsp3) is 0.125. The summed E-state index contributed by atoms with van der Waals surface area (Å²) in [6, 6.07) is 6.66. The summed E-state index contributed by atoms with van der Waals surface area (Å²) in [5.41, 5.74) is 0.486. The summed E-state index contributed by atoms with van der Waals surface area (Å²) in [4.78, 5) is 4.22. The van der Waals surface area contributed by atoms with E-state index in [2.05, 4.69) is 4.99 Å². The van der Waals surface area contributed by atoms with E-state index in [1.165, 1.54) is 6.26 Å². The van der Waals surface area contributed by atoms with Crippen molar-refractivity contribution in [3.63, 3.8) is 0 Å². The van der Waals surface area contributed by atoms with Crippen molar-refractivity contribution in [3.8, 4) is 0 Å². The number of halogens is 1. The highest BCUT2D eigenvalue weighted by atomic mass is 127. The van der Waals surface area contributed by atoms with Crippen LogP contribution in [-0.2, 0) is 9.84 Å². The van der Waals surface area contributed by atoms with Gasteiger partial charge in [0.1, 0.15) is 0 Å². The zero-order chi connectivity index (χ0) is 9.90. The molecule has 0 N–H and O–H groups in total. The summed E-state index contributed by atoms with van der Waals surface area (Å²) in [5, 5.41) is 0. The molecule has 3 nitrogen and oxygen atoms in total. The molecule has 70 valence electrons. The Balaban J connectivity index is 3.37. The summed E-state index contributed by atoms with van der Waals surface area (Å²) in [7, 11) is -3.17. The molecule has 0 atom stereocenters. The van der Waals surface area contributed by atoms with Crippen LogP contribution in [0.3, 0.4) is 0 Å². The number of benzene rings is 1. The minimum absolute atomic E-state index is 0.267. The van der Waals surface area contributed by atoms with E-state index in [1.54, 1.807) is 28.5 Å². The Bertz CT molecular complexity index is 426. The van der Waals surface area contributed by atoms with Gasteiger partial charge < -0.3 is 0 Å². The lowest BCUT2D eigenvalue weighted by Crippen LogP contribution is -1.96. The molecular formula is C8H8INO2S. The standard InChI is InChI=1S/C8H8INO2S/c1-13(11,12)8-5-3-2-4-7(8)10-6-9/h2-6H,1H3/b10-6-. The van der Waals surface area contributed by atoms with Gasteiger partial charge in [0.25, 0.3) is 0 Å². The van der Waals surface area contributed by atoms with Gasteiger partial charge in [0.05, 0.1) is 14.8 Å². The zero-order valence-electron chi connectivity index (χ0n) is 6.94. The molecule has 0 amide bonds. The lowest BCUT2D eigenvalue weighted by Gasteiger charge is -2.00. The highest BCUT2D eigenvalue weighted by Gasteiger charge is 2.10. The Morgan fingerprint density at radius 2 is 2.00 bits per heavy atom. The summed E-state index contributed by atoms with van der Waals surface area (Å²) < 4.78 is 24.0. The second-order valence-electron chi connectivity index (χ2n) is 2.47. The maximum atomic E-state index is 11.3. The number of hydrogen-bond acceptors (Lipinski definition) is 3. The summed E-state index contributed by atoms with van der Waals surface area (Å²) in [6.07, 6.45) is 1.18. The number of nitrogens with zero attached hydrogens (tertiary/aromatic N) is 1. The first-order valence-electron chi connectivity index (χ1n) is 3.47. The molecule has 0 aliphatic carbocycles. The summed E-state index contributed by atoms with van der Waals surface area (Å²) in [5.74, 6) is 0. The molecule has 0 saturated carbocycles. The molecule has 0 saturated heterocycles. The molecule has 0 fully saturated rings. The first-order chi connectivity index (χ1) is 6.05. The van der Waals surface area contributed by atoms with Gasteiger partial charge in [-0.3, -0.25) is 0 Å². The van der Waals surface area contributed by atoms with Gasteiger partial charge in [-0.1, -0.05) is 12.1 Å². The van der Waals surface area contributed by atoms with Crippen LogP contribution in [0.4, 0.5) is 5.69 Å². The van der Waals surface area contributed by atoms with Crippen molar-refractivity contribution in [1.82, 2.24) is 0 Å². The predicted molar refractivity (Wildman–Crippen MR) is 61.7 cm³/mol. The molecule has 0 spiro atoms. The first-order valence-corrected chi connectivity index (χ1v) is 6.61. The maximum Gasteiger partial charge on any atom is 0.177 e. The van der Waals surface area contributed by atoms with Crippen molar-refractivity contribution in [1.29, 1.82) is 0 Å². The quantitative estimate of drug-likeness (QED) is 0.621. The minimum atomic E-state index is -3.17. The first kappa shape index (κ1) is 10.6. The number of aliphatic imine (C=N–C) groups is 1. The van der Waals surface area contributed by atoms with Crippen molar-refractivity contribution in [3.05, 3.63) is 24.3 Å². The Labute approximate surface area is 90.9 Å². The van der Waals surface area contributed by atoms with Gasteiger partial charge >= 0.3 is 0 Å². The third kappa shape index (κ3) is 2.77. The molecule has 0 radical (unpaired) electrons. The van der Waals surface area contributed by atoms with E-state index < -0.39 is 9.84 Å². The summed E-state index contributed by atoms with van der Waals surface area (Å²) in [6.45, 7) is 0. The molecule has 1 aromatic carbocycles. The van der Waals surface area contributed by atoms with Crippen molar-refractivity contribution in [2.24, 2.45) is 4.99 Å². The molecule has 1 aromatic rings. The van der Waals surface area contributed by atoms with E-state index in [1.807, 2.05) is 22.6 Å². The van der Waals surface area contributed by atoms with Gasteiger partial charge in [-0.25, -0.2) is 13.4 Å². The second kappa shape index (κ2) is 4.19. The second-order valence-corrected chi connectivity index (χ2v) is 5.01. The number of hydrogen-bond donors (Lipinski definition) is 0. The van der Waals surface area contributed by atoms with E-state index in [4.69, 9.17) is 0 Å². The zero-order valence-corrected chi connectivity index (χ0v) is 9.91. The van der Waals surface area contributed by atoms with Crippen LogP contribution < -0.4 is 0 Å². The lowest BCUT2D eigenvalue weighted by molar-refractivity contribution is 0.602. The van der Waals surface area contributed by atoms with Gasteiger partial charge in [0.15, 0.2) is 9.84 Å². The third-order valence-corrected chi connectivity index (χ3v) is 2.88. The molecule has 0 heterocycles. The van der Waals surface area contributed by atoms with Crippen molar-refractivity contribution in [2.45, 2.75) is 4.90 Å². The van der Waals surface area contributed by atoms with Crippen molar-refractivity contribution >= 4 is 42.3 Å². The fourth-order valence-electron chi connectivity index (χ4n) is 0.930. The van der Waals surface area contributed by atoms with Crippen LogP contribution in [0.15, 0.2) is 34.2 Å².